The van der Waals surface area contributed by atoms with E-state index in [0.29, 0.717) is 5.56 Å². The second-order valence-electron chi connectivity index (χ2n) is 2.69. The van der Waals surface area contributed by atoms with Crippen LogP contribution in [0.3, 0.4) is 0 Å². The number of phenols is 2. The molecular formula is C10H10O3. The Balaban J connectivity index is 3.41. The van der Waals surface area contributed by atoms with Gasteiger partial charge in [0.2, 0.25) is 0 Å². The number of aromatic hydroxyl groups is 2. The fourth-order valence-electron chi connectivity index (χ4n) is 1.09. The van der Waals surface area contributed by atoms with Gasteiger partial charge in [-0.25, -0.2) is 0 Å². The quantitative estimate of drug-likeness (QED) is 0.412. The molecule has 0 aliphatic carbocycles. The third-order valence-electron chi connectivity index (χ3n) is 1.80. The van der Waals surface area contributed by atoms with Gasteiger partial charge in [0.25, 0.3) is 0 Å². The summed E-state index contributed by atoms with van der Waals surface area (Å²) in [6, 6.07) is 2.90. The van der Waals surface area contributed by atoms with Gasteiger partial charge in [-0.3, -0.25) is 4.79 Å². The maximum Gasteiger partial charge on any atom is 0.189 e. The number of aryl methyl sites for hydroxylation is 1. The SMILES string of the molecule is C=CC(=O)c1c(C)ccc(O)c1O. The fourth-order valence-corrected chi connectivity index (χ4v) is 1.09. The van der Waals surface area contributed by atoms with E-state index in [4.69, 9.17) is 5.11 Å². The van der Waals surface area contributed by atoms with E-state index in [0.717, 1.165) is 6.08 Å². The molecule has 0 aromatic heterocycles. The lowest BCUT2D eigenvalue weighted by Gasteiger charge is -2.05. The number of rotatable bonds is 2. The van der Waals surface area contributed by atoms with Gasteiger partial charge in [-0.15, -0.1) is 0 Å². The zero-order chi connectivity index (χ0) is 10.0. The van der Waals surface area contributed by atoms with E-state index in [9.17, 15) is 9.90 Å². The summed E-state index contributed by atoms with van der Waals surface area (Å²) in [7, 11) is 0. The van der Waals surface area contributed by atoms with Crippen molar-refractivity contribution in [2.75, 3.05) is 0 Å². The highest BCUT2D eigenvalue weighted by atomic mass is 16.3. The third-order valence-corrected chi connectivity index (χ3v) is 1.80. The first-order chi connectivity index (χ1) is 6.07. The summed E-state index contributed by atoms with van der Waals surface area (Å²) in [5, 5.41) is 18.5. The molecule has 0 saturated heterocycles. The van der Waals surface area contributed by atoms with Gasteiger partial charge in [0.15, 0.2) is 17.3 Å². The zero-order valence-corrected chi connectivity index (χ0v) is 7.24. The van der Waals surface area contributed by atoms with Crippen molar-refractivity contribution < 1.29 is 15.0 Å². The molecule has 1 aromatic carbocycles. The largest absolute Gasteiger partial charge is 0.504 e. The second kappa shape index (κ2) is 3.31. The summed E-state index contributed by atoms with van der Waals surface area (Å²) >= 11 is 0. The monoisotopic (exact) mass is 178 g/mol. The molecule has 3 heteroatoms. The first-order valence-corrected chi connectivity index (χ1v) is 3.76. The molecule has 1 aromatic rings. The molecular weight excluding hydrogens is 168 g/mol. The summed E-state index contributed by atoms with van der Waals surface area (Å²) in [4.78, 5) is 11.2. The Hall–Kier alpha value is -1.77. The molecule has 0 aliphatic heterocycles. The van der Waals surface area contributed by atoms with Crippen LogP contribution in [-0.4, -0.2) is 16.0 Å². The number of hydrogen-bond acceptors (Lipinski definition) is 3. The van der Waals surface area contributed by atoms with Gasteiger partial charge in [0, 0.05) is 0 Å². The topological polar surface area (TPSA) is 57.5 Å². The predicted octanol–water partition coefficient (Wildman–Crippen LogP) is 1.77. The fraction of sp³-hybridized carbons (Fsp3) is 0.100. The van der Waals surface area contributed by atoms with Crippen LogP contribution in [0.5, 0.6) is 11.5 Å². The standard InChI is InChI=1S/C10H10O3/c1-3-7(11)9-6(2)4-5-8(12)10(9)13/h3-5,12-13H,1H2,2H3. The van der Waals surface area contributed by atoms with Gasteiger partial charge < -0.3 is 10.2 Å². The number of carbonyl (C=O) groups is 1. The number of phenolic OH excluding ortho intramolecular Hbond substituents is 2. The molecule has 0 spiro atoms. The maximum atomic E-state index is 11.2. The molecule has 13 heavy (non-hydrogen) atoms. The van der Waals surface area contributed by atoms with Crippen molar-refractivity contribution in [3.8, 4) is 11.5 Å². The molecule has 0 amide bonds. The van der Waals surface area contributed by atoms with Gasteiger partial charge in [-0.1, -0.05) is 12.6 Å². The van der Waals surface area contributed by atoms with Crippen molar-refractivity contribution in [1.82, 2.24) is 0 Å². The summed E-state index contributed by atoms with van der Waals surface area (Å²) in [5.41, 5.74) is 0.718. The molecule has 0 atom stereocenters. The lowest BCUT2D eigenvalue weighted by atomic mass is 10.0. The Morgan fingerprint density at radius 2 is 2.08 bits per heavy atom. The number of hydrogen-bond donors (Lipinski definition) is 2. The molecule has 0 saturated carbocycles. The molecule has 0 unspecified atom stereocenters. The van der Waals surface area contributed by atoms with Crippen LogP contribution in [0, 0.1) is 6.92 Å². The minimum absolute atomic E-state index is 0.106. The van der Waals surface area contributed by atoms with E-state index in [1.165, 1.54) is 6.07 Å². The molecule has 1 rings (SSSR count). The second-order valence-corrected chi connectivity index (χ2v) is 2.69. The Bertz CT molecular complexity index is 367. The van der Waals surface area contributed by atoms with Crippen molar-refractivity contribution in [1.29, 1.82) is 0 Å². The Morgan fingerprint density at radius 1 is 1.46 bits per heavy atom. The van der Waals surface area contributed by atoms with Gasteiger partial charge >= 0.3 is 0 Å². The van der Waals surface area contributed by atoms with Gasteiger partial charge in [0.1, 0.15) is 0 Å². The summed E-state index contributed by atoms with van der Waals surface area (Å²) < 4.78 is 0. The first-order valence-electron chi connectivity index (χ1n) is 3.76. The van der Waals surface area contributed by atoms with Gasteiger partial charge in [0.05, 0.1) is 5.56 Å². The molecule has 0 radical (unpaired) electrons. The predicted molar refractivity (Wildman–Crippen MR) is 49.0 cm³/mol. The Morgan fingerprint density at radius 3 is 2.62 bits per heavy atom. The molecule has 0 bridgehead atoms. The van der Waals surface area contributed by atoms with Crippen molar-refractivity contribution >= 4 is 5.78 Å². The minimum atomic E-state index is -0.397. The normalized spacial score (nSPS) is 9.62. The van der Waals surface area contributed by atoms with Crippen molar-refractivity contribution in [2.24, 2.45) is 0 Å². The van der Waals surface area contributed by atoms with E-state index in [1.807, 2.05) is 0 Å². The van der Waals surface area contributed by atoms with E-state index < -0.39 is 5.78 Å². The summed E-state index contributed by atoms with van der Waals surface area (Å²) in [6.45, 7) is 4.98. The van der Waals surface area contributed by atoms with Crippen LogP contribution in [0.25, 0.3) is 0 Å². The van der Waals surface area contributed by atoms with E-state index in [-0.39, 0.29) is 17.1 Å². The van der Waals surface area contributed by atoms with E-state index >= 15 is 0 Å². The lowest BCUT2D eigenvalue weighted by Crippen LogP contribution is -1.97. The van der Waals surface area contributed by atoms with Crippen LogP contribution in [0.4, 0.5) is 0 Å². The smallest absolute Gasteiger partial charge is 0.189 e. The highest BCUT2D eigenvalue weighted by Crippen LogP contribution is 2.31. The highest BCUT2D eigenvalue weighted by Gasteiger charge is 2.14. The average molecular weight is 178 g/mol. The van der Waals surface area contributed by atoms with Gasteiger partial charge in [-0.2, -0.15) is 0 Å². The van der Waals surface area contributed by atoms with E-state index in [1.54, 1.807) is 13.0 Å². The van der Waals surface area contributed by atoms with Crippen LogP contribution in [0.1, 0.15) is 15.9 Å². The minimum Gasteiger partial charge on any atom is -0.504 e. The molecule has 0 aliphatic rings. The molecule has 0 fully saturated rings. The number of allylic oxidation sites excluding steroid dienone is 1. The zero-order valence-electron chi connectivity index (χ0n) is 7.24. The summed E-state index contributed by atoms with van der Waals surface area (Å²) in [6.07, 6.45) is 1.10. The van der Waals surface area contributed by atoms with Crippen LogP contribution in [-0.2, 0) is 0 Å². The number of carbonyl (C=O) groups excluding carboxylic acids is 1. The first kappa shape index (κ1) is 9.32. The van der Waals surface area contributed by atoms with Crippen LogP contribution >= 0.6 is 0 Å². The number of benzene rings is 1. The number of ketones is 1. The summed E-state index contributed by atoms with van der Waals surface area (Å²) in [5.74, 6) is -1.08. The Kier molecular flexibility index (Phi) is 2.37. The van der Waals surface area contributed by atoms with Crippen LogP contribution in [0.2, 0.25) is 0 Å². The highest BCUT2D eigenvalue weighted by molar-refractivity contribution is 6.07. The van der Waals surface area contributed by atoms with Gasteiger partial charge in [-0.05, 0) is 24.6 Å². The van der Waals surface area contributed by atoms with Crippen molar-refractivity contribution in [3.63, 3.8) is 0 Å². The molecule has 3 nitrogen and oxygen atoms in total. The lowest BCUT2D eigenvalue weighted by molar-refractivity contribution is 0.104. The van der Waals surface area contributed by atoms with Crippen LogP contribution < -0.4 is 0 Å². The Labute approximate surface area is 76.0 Å². The third kappa shape index (κ3) is 1.54. The maximum absolute atomic E-state index is 11.2. The van der Waals surface area contributed by atoms with Crippen LogP contribution in [0.15, 0.2) is 24.8 Å². The average Bonchev–Trinajstić information content (AvgIpc) is 2.12. The molecule has 0 heterocycles. The van der Waals surface area contributed by atoms with E-state index in [2.05, 4.69) is 6.58 Å². The molecule has 2 N–H and O–H groups in total. The molecule has 68 valence electrons. The van der Waals surface area contributed by atoms with Crippen molar-refractivity contribution in [3.05, 3.63) is 35.9 Å². The van der Waals surface area contributed by atoms with Crippen molar-refractivity contribution in [2.45, 2.75) is 6.92 Å².